The molecule has 2 aromatic rings. The van der Waals surface area contributed by atoms with Gasteiger partial charge in [0.2, 0.25) is 0 Å². The van der Waals surface area contributed by atoms with Crippen molar-refractivity contribution in [3.8, 4) is 5.75 Å². The van der Waals surface area contributed by atoms with Crippen LogP contribution in [0.5, 0.6) is 5.75 Å². The molecule has 0 amide bonds. The van der Waals surface area contributed by atoms with E-state index < -0.39 is 11.8 Å². The molecule has 0 fully saturated rings. The molecule has 0 N–H and O–H groups in total. The van der Waals surface area contributed by atoms with E-state index in [0.717, 1.165) is 0 Å². The number of pyridine rings is 1. The number of nitrogens with zero attached hydrogens (tertiary/aromatic N) is 1. The predicted octanol–water partition coefficient (Wildman–Crippen LogP) is 2.78. The summed E-state index contributed by atoms with van der Waals surface area (Å²) in [5, 5.41) is 0.484. The fourth-order valence-corrected chi connectivity index (χ4v) is 1.72. The molecule has 0 aliphatic heterocycles. The Morgan fingerprint density at radius 1 is 1.42 bits per heavy atom. The molecule has 4 nitrogen and oxygen atoms in total. The minimum absolute atomic E-state index is 0.103. The Balaban J connectivity index is 2.58. The quantitative estimate of drug-likeness (QED) is 0.639. The molecule has 0 radical (unpaired) electrons. The molecular formula is C13H11ClFNO3. The zero-order valence-electron chi connectivity index (χ0n) is 10.2. The lowest BCUT2D eigenvalue weighted by atomic mass is 10.1. The lowest BCUT2D eigenvalue weighted by Gasteiger charge is -2.09. The van der Waals surface area contributed by atoms with Gasteiger partial charge in [-0.05, 0) is 18.2 Å². The van der Waals surface area contributed by atoms with Crippen molar-refractivity contribution in [3.63, 3.8) is 0 Å². The van der Waals surface area contributed by atoms with Crippen molar-refractivity contribution in [3.05, 3.63) is 35.8 Å². The summed E-state index contributed by atoms with van der Waals surface area (Å²) in [5.74, 6) is -0.351. The molecule has 0 aliphatic rings. The average molecular weight is 284 g/mol. The number of halogens is 2. The van der Waals surface area contributed by atoms with E-state index in [1.54, 1.807) is 0 Å². The van der Waals surface area contributed by atoms with Crippen LogP contribution in [0.3, 0.4) is 0 Å². The van der Waals surface area contributed by atoms with Crippen LogP contribution in [-0.4, -0.2) is 30.5 Å². The second kappa shape index (κ2) is 5.84. The van der Waals surface area contributed by atoms with Crippen LogP contribution in [-0.2, 0) is 4.74 Å². The molecule has 6 heteroatoms. The van der Waals surface area contributed by atoms with Crippen LogP contribution in [0.1, 0.15) is 10.5 Å². The highest BCUT2D eigenvalue weighted by Gasteiger charge is 2.13. The average Bonchev–Trinajstić information content (AvgIpc) is 2.43. The Morgan fingerprint density at radius 2 is 2.21 bits per heavy atom. The van der Waals surface area contributed by atoms with Crippen LogP contribution in [0.2, 0.25) is 0 Å². The van der Waals surface area contributed by atoms with Gasteiger partial charge < -0.3 is 9.47 Å². The number of fused-ring (bicyclic) bond motifs is 1. The summed E-state index contributed by atoms with van der Waals surface area (Å²) in [7, 11) is 1.26. The van der Waals surface area contributed by atoms with E-state index >= 15 is 0 Å². The fourth-order valence-electron chi connectivity index (χ4n) is 1.64. The topological polar surface area (TPSA) is 48.4 Å². The van der Waals surface area contributed by atoms with Crippen LogP contribution in [0, 0.1) is 5.82 Å². The zero-order valence-corrected chi connectivity index (χ0v) is 10.9. The number of carbonyl (C=O) groups is 1. The molecular weight excluding hydrogens is 273 g/mol. The van der Waals surface area contributed by atoms with E-state index in [-0.39, 0.29) is 18.2 Å². The van der Waals surface area contributed by atoms with Crippen molar-refractivity contribution >= 4 is 28.5 Å². The highest BCUT2D eigenvalue weighted by molar-refractivity contribution is 6.18. The van der Waals surface area contributed by atoms with Crippen molar-refractivity contribution in [2.24, 2.45) is 0 Å². The van der Waals surface area contributed by atoms with E-state index in [2.05, 4.69) is 9.72 Å². The maximum atomic E-state index is 13.3. The number of hydrogen-bond donors (Lipinski definition) is 0. The van der Waals surface area contributed by atoms with E-state index in [1.807, 2.05) is 0 Å². The smallest absolute Gasteiger partial charge is 0.356 e. The molecule has 0 saturated carbocycles. The minimum Gasteiger partial charge on any atom is -0.492 e. The standard InChI is InChI=1S/C13H11ClFNO3/c1-18-13(17)11-7-12(19-5-4-14)9-6-8(15)2-3-10(9)16-11/h2-3,6-7H,4-5H2,1H3. The number of ether oxygens (including phenoxy) is 2. The highest BCUT2D eigenvalue weighted by Crippen LogP contribution is 2.26. The van der Waals surface area contributed by atoms with Gasteiger partial charge in [-0.2, -0.15) is 0 Å². The van der Waals surface area contributed by atoms with Crippen molar-refractivity contribution < 1.29 is 18.7 Å². The van der Waals surface area contributed by atoms with Crippen LogP contribution >= 0.6 is 11.6 Å². The van der Waals surface area contributed by atoms with Crippen molar-refractivity contribution in [2.45, 2.75) is 0 Å². The number of carbonyl (C=O) groups excluding carboxylic acids is 1. The number of benzene rings is 1. The first-order valence-corrected chi connectivity index (χ1v) is 6.06. The van der Waals surface area contributed by atoms with Gasteiger partial charge in [-0.3, -0.25) is 0 Å². The normalized spacial score (nSPS) is 10.5. The predicted molar refractivity (Wildman–Crippen MR) is 69.3 cm³/mol. The van der Waals surface area contributed by atoms with E-state index in [9.17, 15) is 9.18 Å². The van der Waals surface area contributed by atoms with Gasteiger partial charge in [-0.25, -0.2) is 14.2 Å². The highest BCUT2D eigenvalue weighted by atomic mass is 35.5. The molecule has 100 valence electrons. The largest absolute Gasteiger partial charge is 0.492 e. The van der Waals surface area contributed by atoms with Gasteiger partial charge in [0.15, 0.2) is 5.69 Å². The van der Waals surface area contributed by atoms with Gasteiger partial charge >= 0.3 is 5.97 Å². The third-order valence-corrected chi connectivity index (χ3v) is 2.62. The van der Waals surface area contributed by atoms with Crippen LogP contribution < -0.4 is 4.74 Å². The molecule has 19 heavy (non-hydrogen) atoms. The summed E-state index contributed by atoms with van der Waals surface area (Å²) in [6.07, 6.45) is 0. The van der Waals surface area contributed by atoms with Crippen LogP contribution in [0.25, 0.3) is 10.9 Å². The van der Waals surface area contributed by atoms with E-state index in [0.29, 0.717) is 16.7 Å². The fraction of sp³-hybridized carbons (Fsp3) is 0.231. The summed E-state index contributed by atoms with van der Waals surface area (Å²) < 4.78 is 23.3. The van der Waals surface area contributed by atoms with Gasteiger partial charge in [0.25, 0.3) is 0 Å². The lowest BCUT2D eigenvalue weighted by Crippen LogP contribution is -2.07. The molecule has 0 unspecified atom stereocenters. The van der Waals surface area contributed by atoms with Gasteiger partial charge in [0, 0.05) is 11.5 Å². The van der Waals surface area contributed by atoms with Gasteiger partial charge in [-0.15, -0.1) is 11.6 Å². The third kappa shape index (κ3) is 2.93. The van der Waals surface area contributed by atoms with Gasteiger partial charge in [0.05, 0.1) is 18.5 Å². The summed E-state index contributed by atoms with van der Waals surface area (Å²) in [5.41, 5.74) is 0.556. The van der Waals surface area contributed by atoms with E-state index in [1.165, 1.54) is 31.4 Å². The second-order valence-corrected chi connectivity index (χ2v) is 4.07. The first-order chi connectivity index (χ1) is 9.15. The van der Waals surface area contributed by atoms with Crippen molar-refractivity contribution in [1.29, 1.82) is 0 Å². The number of methoxy groups -OCH3 is 1. The number of alkyl halides is 1. The van der Waals surface area contributed by atoms with Gasteiger partial charge in [0.1, 0.15) is 18.2 Å². The Morgan fingerprint density at radius 3 is 2.89 bits per heavy atom. The summed E-state index contributed by atoms with van der Waals surface area (Å²) in [6.45, 7) is 0.248. The van der Waals surface area contributed by atoms with E-state index in [4.69, 9.17) is 16.3 Å². The van der Waals surface area contributed by atoms with Crippen LogP contribution in [0.4, 0.5) is 4.39 Å². The maximum absolute atomic E-state index is 13.3. The molecule has 0 spiro atoms. The Bertz CT molecular complexity index is 618. The Hall–Kier alpha value is -1.88. The van der Waals surface area contributed by atoms with Crippen molar-refractivity contribution in [1.82, 2.24) is 4.98 Å². The summed E-state index contributed by atoms with van der Waals surface area (Å²) in [6, 6.07) is 5.46. The summed E-state index contributed by atoms with van der Waals surface area (Å²) in [4.78, 5) is 15.6. The number of rotatable bonds is 4. The molecule has 1 aromatic heterocycles. The first kappa shape index (κ1) is 13.5. The molecule has 0 aliphatic carbocycles. The first-order valence-electron chi connectivity index (χ1n) is 5.53. The summed E-state index contributed by atoms with van der Waals surface area (Å²) >= 11 is 5.56. The Kier molecular flexibility index (Phi) is 4.16. The molecule has 0 atom stereocenters. The SMILES string of the molecule is COC(=O)c1cc(OCCCl)c2cc(F)ccc2n1. The third-order valence-electron chi connectivity index (χ3n) is 2.46. The molecule has 1 heterocycles. The molecule has 0 bridgehead atoms. The lowest BCUT2D eigenvalue weighted by molar-refractivity contribution is 0.0594. The zero-order chi connectivity index (χ0) is 13.8. The minimum atomic E-state index is -0.582. The second-order valence-electron chi connectivity index (χ2n) is 3.70. The van der Waals surface area contributed by atoms with Crippen LogP contribution in [0.15, 0.2) is 24.3 Å². The number of esters is 1. The number of aromatic nitrogens is 1. The molecule has 2 rings (SSSR count). The van der Waals surface area contributed by atoms with Gasteiger partial charge in [-0.1, -0.05) is 0 Å². The number of hydrogen-bond acceptors (Lipinski definition) is 4. The van der Waals surface area contributed by atoms with Crippen molar-refractivity contribution in [2.75, 3.05) is 19.6 Å². The molecule has 1 aromatic carbocycles. The monoisotopic (exact) mass is 283 g/mol. The molecule has 0 saturated heterocycles. The maximum Gasteiger partial charge on any atom is 0.356 e. The Labute approximate surface area is 114 Å².